The largest absolute Gasteiger partial charge is 0.469 e. The summed E-state index contributed by atoms with van der Waals surface area (Å²) in [6.07, 6.45) is 0.401. The summed E-state index contributed by atoms with van der Waals surface area (Å²) in [5.41, 5.74) is -0.360. The molecule has 0 saturated heterocycles. The van der Waals surface area contributed by atoms with Crippen molar-refractivity contribution >= 4 is 18.9 Å². The Labute approximate surface area is 109 Å². The third-order valence-electron chi connectivity index (χ3n) is 2.12. The Bertz CT molecular complexity index is 289. The lowest BCUT2D eigenvalue weighted by Gasteiger charge is -2.25. The van der Waals surface area contributed by atoms with Gasteiger partial charge in [0.15, 0.2) is 0 Å². The summed E-state index contributed by atoms with van der Waals surface area (Å²) < 4.78 is 4.53. The lowest BCUT2D eigenvalue weighted by Crippen LogP contribution is -2.54. The van der Waals surface area contributed by atoms with Gasteiger partial charge in [0.2, 0.25) is 5.91 Å². The van der Waals surface area contributed by atoms with E-state index in [1.807, 2.05) is 20.8 Å². The number of hydrogen-bond acceptors (Lipinski definition) is 5. The highest BCUT2D eigenvalue weighted by atomic mass is 16.5. The lowest BCUT2D eigenvalue weighted by molar-refractivity contribution is -0.140. The highest BCUT2D eigenvalue weighted by Gasteiger charge is 2.25. The second kappa shape index (κ2) is 7.38. The van der Waals surface area contributed by atoms with Gasteiger partial charge in [-0.25, -0.2) is 0 Å². The fourth-order valence-electron chi connectivity index (χ4n) is 1.40. The van der Waals surface area contributed by atoms with Gasteiger partial charge in [-0.2, -0.15) is 0 Å². The lowest BCUT2D eigenvalue weighted by atomic mass is 9.86. The van der Waals surface area contributed by atoms with Crippen LogP contribution in [0.1, 0.15) is 33.6 Å². The van der Waals surface area contributed by atoms with Crippen LogP contribution < -0.4 is 10.5 Å². The highest BCUT2D eigenvalue weighted by molar-refractivity contribution is 6.46. The first kappa shape index (κ1) is 16.9. The average molecular weight is 258 g/mol. The Kier molecular flexibility index (Phi) is 6.94. The maximum Gasteiger partial charge on any atom is 0.374 e. The number of methoxy groups -OCH3 is 1. The molecule has 6 nitrogen and oxygen atoms in total. The average Bonchev–Trinajstić information content (AvgIpc) is 2.20. The molecule has 0 aromatic heterocycles. The molecule has 1 unspecified atom stereocenters. The molecular weight excluding hydrogens is 235 g/mol. The van der Waals surface area contributed by atoms with Crippen LogP contribution in [0.3, 0.4) is 0 Å². The van der Waals surface area contributed by atoms with Crippen LogP contribution in [-0.2, 0) is 14.3 Å². The maximum atomic E-state index is 12.0. The van der Waals surface area contributed by atoms with E-state index in [9.17, 15) is 14.6 Å². The normalized spacial score (nSPS) is 12.8. The number of amides is 1. The van der Waals surface area contributed by atoms with Crippen molar-refractivity contribution in [2.75, 3.05) is 7.11 Å². The van der Waals surface area contributed by atoms with Crippen molar-refractivity contribution in [1.29, 1.82) is 0 Å². The van der Waals surface area contributed by atoms with E-state index < -0.39 is 13.1 Å². The minimum Gasteiger partial charge on any atom is -0.469 e. The van der Waals surface area contributed by atoms with Gasteiger partial charge >= 0.3 is 13.0 Å². The smallest absolute Gasteiger partial charge is 0.374 e. The van der Waals surface area contributed by atoms with Crippen molar-refractivity contribution < 1.29 is 19.3 Å². The Morgan fingerprint density at radius 3 is 2.33 bits per heavy atom. The molecule has 1 amide bonds. The number of nitrogens with one attached hydrogen (secondary N) is 2. The van der Waals surface area contributed by atoms with E-state index in [0.29, 0.717) is 0 Å². The van der Waals surface area contributed by atoms with Crippen molar-refractivity contribution in [1.82, 2.24) is 10.5 Å². The van der Waals surface area contributed by atoms with E-state index in [0.717, 1.165) is 0 Å². The van der Waals surface area contributed by atoms with Gasteiger partial charge in [-0.15, -0.1) is 0 Å². The molecule has 104 valence electrons. The fraction of sp³-hybridized carbons (Fsp3) is 0.818. The molecule has 0 radical (unpaired) electrons. The molecule has 0 aliphatic heterocycles. The third-order valence-corrected chi connectivity index (χ3v) is 2.12. The number of rotatable bonds is 6. The van der Waals surface area contributed by atoms with Gasteiger partial charge in [0.25, 0.3) is 0 Å². The van der Waals surface area contributed by atoms with Crippen LogP contribution in [0.25, 0.3) is 0 Å². The SMILES string of the molecule is COC(=O)CCC(NB(C)O)C(=O)NC(C)(C)C. The third kappa shape index (κ3) is 8.08. The minimum atomic E-state index is -0.821. The minimum absolute atomic E-state index is 0.123. The van der Waals surface area contributed by atoms with Gasteiger partial charge in [-0.3, -0.25) is 9.59 Å². The molecule has 0 aromatic rings. The van der Waals surface area contributed by atoms with E-state index in [4.69, 9.17) is 0 Å². The van der Waals surface area contributed by atoms with Crippen molar-refractivity contribution in [3.05, 3.63) is 0 Å². The van der Waals surface area contributed by atoms with Crippen LogP contribution in [0.4, 0.5) is 0 Å². The van der Waals surface area contributed by atoms with Crippen LogP contribution in [0.15, 0.2) is 0 Å². The Hall–Kier alpha value is -1.08. The standard InChI is InChI=1S/C11H23BN2O4/c1-11(2,3)13-10(16)8(14-12(4)17)6-7-9(15)18-5/h8,14,17H,6-7H2,1-5H3,(H,13,16). The Balaban J connectivity index is 4.47. The molecule has 3 N–H and O–H groups in total. The number of ether oxygens (including phenoxy) is 1. The topological polar surface area (TPSA) is 87.7 Å². The molecule has 0 bridgehead atoms. The summed E-state index contributed by atoms with van der Waals surface area (Å²) in [7, 11) is 0.479. The molecule has 7 heteroatoms. The van der Waals surface area contributed by atoms with Crippen LogP contribution in [-0.4, -0.2) is 42.6 Å². The summed E-state index contributed by atoms with van der Waals surface area (Å²) in [5.74, 6) is -0.622. The van der Waals surface area contributed by atoms with Crippen molar-refractivity contribution in [3.63, 3.8) is 0 Å². The molecule has 0 aliphatic carbocycles. The predicted octanol–water partition coefficient (Wildman–Crippen LogP) is -0.0772. The molecule has 0 spiro atoms. The molecule has 0 aliphatic rings. The molecule has 0 rings (SSSR count). The maximum absolute atomic E-state index is 12.0. The monoisotopic (exact) mass is 258 g/mol. The number of esters is 1. The van der Waals surface area contributed by atoms with Gasteiger partial charge < -0.3 is 20.3 Å². The second-order valence-electron chi connectivity index (χ2n) is 5.25. The highest BCUT2D eigenvalue weighted by Crippen LogP contribution is 2.04. The summed E-state index contributed by atoms with van der Waals surface area (Å²) in [6.45, 7) is 7.12. The van der Waals surface area contributed by atoms with Crippen LogP contribution in [0.2, 0.25) is 6.82 Å². The summed E-state index contributed by atoms with van der Waals surface area (Å²) in [5, 5.41) is 14.8. The van der Waals surface area contributed by atoms with Crippen LogP contribution in [0.5, 0.6) is 0 Å². The number of hydrogen-bond donors (Lipinski definition) is 3. The van der Waals surface area contributed by atoms with E-state index in [2.05, 4.69) is 15.3 Å². The second-order valence-corrected chi connectivity index (χ2v) is 5.25. The van der Waals surface area contributed by atoms with Gasteiger partial charge in [0, 0.05) is 12.0 Å². The van der Waals surface area contributed by atoms with Crippen molar-refractivity contribution in [3.8, 4) is 0 Å². The first-order valence-electron chi connectivity index (χ1n) is 5.98. The molecule has 1 atom stereocenters. The van der Waals surface area contributed by atoms with Crippen molar-refractivity contribution in [2.24, 2.45) is 0 Å². The Morgan fingerprint density at radius 1 is 1.39 bits per heavy atom. The van der Waals surface area contributed by atoms with Crippen LogP contribution >= 0.6 is 0 Å². The van der Waals surface area contributed by atoms with E-state index in [1.54, 1.807) is 0 Å². The van der Waals surface area contributed by atoms with Crippen molar-refractivity contribution in [2.45, 2.75) is 52.0 Å². The fourth-order valence-corrected chi connectivity index (χ4v) is 1.40. The molecular formula is C11H23BN2O4. The van der Waals surface area contributed by atoms with Gasteiger partial charge in [0.1, 0.15) is 0 Å². The van der Waals surface area contributed by atoms with E-state index >= 15 is 0 Å². The first-order chi connectivity index (χ1) is 8.15. The van der Waals surface area contributed by atoms with E-state index in [-0.39, 0.29) is 30.3 Å². The predicted molar refractivity (Wildman–Crippen MR) is 69.9 cm³/mol. The molecule has 0 saturated carbocycles. The molecule has 0 heterocycles. The van der Waals surface area contributed by atoms with Gasteiger partial charge in [-0.1, -0.05) is 0 Å². The first-order valence-corrected chi connectivity index (χ1v) is 5.98. The summed E-state index contributed by atoms with van der Waals surface area (Å²) in [4.78, 5) is 23.0. The molecule has 0 aromatic carbocycles. The van der Waals surface area contributed by atoms with Crippen LogP contribution in [0, 0.1) is 0 Å². The zero-order valence-electron chi connectivity index (χ0n) is 11.7. The van der Waals surface area contributed by atoms with Gasteiger partial charge in [0.05, 0.1) is 13.2 Å². The summed E-state index contributed by atoms with van der Waals surface area (Å²) in [6, 6.07) is -0.622. The zero-order chi connectivity index (χ0) is 14.3. The summed E-state index contributed by atoms with van der Waals surface area (Å²) >= 11 is 0. The zero-order valence-corrected chi connectivity index (χ0v) is 11.7. The quantitative estimate of drug-likeness (QED) is 0.458. The van der Waals surface area contributed by atoms with E-state index in [1.165, 1.54) is 13.9 Å². The van der Waals surface area contributed by atoms with Gasteiger partial charge in [-0.05, 0) is 34.0 Å². The number of carbonyl (C=O) groups excluding carboxylic acids is 2. The molecule has 18 heavy (non-hydrogen) atoms. The number of carbonyl (C=O) groups is 2. The Morgan fingerprint density at radius 2 is 1.94 bits per heavy atom. The molecule has 0 fully saturated rings.